The minimum absolute atomic E-state index is 0.0416. The summed E-state index contributed by atoms with van der Waals surface area (Å²) in [5, 5.41) is 1.08. The summed E-state index contributed by atoms with van der Waals surface area (Å²) in [5.74, 6) is 0.257. The van der Waals surface area contributed by atoms with Crippen molar-refractivity contribution < 1.29 is 13.2 Å². The van der Waals surface area contributed by atoms with Gasteiger partial charge in [-0.1, -0.05) is 39.8 Å². The summed E-state index contributed by atoms with van der Waals surface area (Å²) in [6, 6.07) is 13.8. The number of rotatable bonds is 9. The molecule has 0 saturated heterocycles. The van der Waals surface area contributed by atoms with Crippen molar-refractivity contribution in [3.05, 3.63) is 63.4 Å². The van der Waals surface area contributed by atoms with Crippen LogP contribution in [0.1, 0.15) is 6.42 Å². The molecule has 29 heavy (non-hydrogen) atoms. The van der Waals surface area contributed by atoms with Crippen molar-refractivity contribution in [1.29, 1.82) is 0 Å². The maximum absolute atomic E-state index is 12.9. The molecule has 1 heterocycles. The number of ether oxygens (including phenoxy) is 1. The Hall–Kier alpha value is -1.68. The largest absolute Gasteiger partial charge is 0.385 e. The van der Waals surface area contributed by atoms with E-state index in [4.69, 9.17) is 4.74 Å². The van der Waals surface area contributed by atoms with Crippen molar-refractivity contribution in [1.82, 2.24) is 9.55 Å². The second-order valence-corrected chi connectivity index (χ2v) is 10.4. The molecule has 0 unspecified atom stereocenters. The molecule has 0 radical (unpaired) electrons. The first-order valence-corrected chi connectivity index (χ1v) is 12.4. The molecule has 0 saturated carbocycles. The van der Waals surface area contributed by atoms with Crippen molar-refractivity contribution in [3.8, 4) is 0 Å². The van der Waals surface area contributed by atoms with Gasteiger partial charge in [0.15, 0.2) is 15.0 Å². The zero-order valence-electron chi connectivity index (χ0n) is 15.9. The Morgan fingerprint density at radius 3 is 2.59 bits per heavy atom. The molecule has 0 atom stereocenters. The average Bonchev–Trinajstić information content (AvgIpc) is 2.70. The summed E-state index contributed by atoms with van der Waals surface area (Å²) in [4.78, 5) is 17.8. The van der Waals surface area contributed by atoms with Gasteiger partial charge in [0.1, 0.15) is 0 Å². The number of benzene rings is 2. The van der Waals surface area contributed by atoms with Crippen LogP contribution in [0, 0.1) is 0 Å². The van der Waals surface area contributed by atoms with Crippen LogP contribution in [0.5, 0.6) is 0 Å². The first-order valence-electron chi connectivity index (χ1n) is 9.02. The Morgan fingerprint density at radius 1 is 1.14 bits per heavy atom. The van der Waals surface area contributed by atoms with Crippen molar-refractivity contribution >= 4 is 48.4 Å². The van der Waals surface area contributed by atoms with Crippen LogP contribution < -0.4 is 5.56 Å². The minimum atomic E-state index is -3.41. The van der Waals surface area contributed by atoms with E-state index in [0.717, 1.165) is 4.47 Å². The molecule has 6 nitrogen and oxygen atoms in total. The van der Waals surface area contributed by atoms with E-state index in [-0.39, 0.29) is 16.2 Å². The zero-order chi connectivity index (χ0) is 20.9. The van der Waals surface area contributed by atoms with E-state index >= 15 is 0 Å². The van der Waals surface area contributed by atoms with E-state index < -0.39 is 9.84 Å². The Kier molecular flexibility index (Phi) is 7.50. The van der Waals surface area contributed by atoms with Gasteiger partial charge in [-0.3, -0.25) is 9.36 Å². The fourth-order valence-electron chi connectivity index (χ4n) is 2.82. The fraction of sp³-hybridized carbons (Fsp3) is 0.300. The summed E-state index contributed by atoms with van der Waals surface area (Å²) < 4.78 is 32.7. The number of para-hydroxylation sites is 1. The lowest BCUT2D eigenvalue weighted by Crippen LogP contribution is -2.24. The van der Waals surface area contributed by atoms with Gasteiger partial charge in [-0.15, -0.1) is 0 Å². The number of fused-ring (bicyclic) bond motifs is 1. The van der Waals surface area contributed by atoms with E-state index in [1.807, 2.05) is 12.1 Å². The SMILES string of the molecule is COCCCn1c(SCCS(=O)(=O)c2ccc(Br)cc2)nc2ccccc2c1=O. The van der Waals surface area contributed by atoms with Crippen LogP contribution in [0.25, 0.3) is 10.9 Å². The highest BCUT2D eigenvalue weighted by atomic mass is 79.9. The quantitative estimate of drug-likeness (QED) is 0.255. The van der Waals surface area contributed by atoms with Gasteiger partial charge < -0.3 is 4.74 Å². The van der Waals surface area contributed by atoms with Gasteiger partial charge in [-0.25, -0.2) is 13.4 Å². The Labute approximate surface area is 182 Å². The molecule has 2 aromatic carbocycles. The molecule has 3 rings (SSSR count). The third kappa shape index (κ3) is 5.48. The van der Waals surface area contributed by atoms with E-state index in [1.54, 1.807) is 48.1 Å². The van der Waals surface area contributed by atoms with Crippen molar-refractivity contribution in [3.63, 3.8) is 0 Å². The molecule has 0 aliphatic carbocycles. The summed E-state index contributed by atoms with van der Waals surface area (Å²) >= 11 is 4.59. The van der Waals surface area contributed by atoms with E-state index in [9.17, 15) is 13.2 Å². The van der Waals surface area contributed by atoms with Gasteiger partial charge in [0.2, 0.25) is 0 Å². The monoisotopic (exact) mass is 496 g/mol. The number of thioether (sulfide) groups is 1. The van der Waals surface area contributed by atoms with Crippen LogP contribution in [0.15, 0.2) is 67.9 Å². The molecule has 0 fully saturated rings. The first kappa shape index (κ1) is 22.0. The molecule has 3 aromatic rings. The number of aromatic nitrogens is 2. The molecule has 0 bridgehead atoms. The Morgan fingerprint density at radius 2 is 1.86 bits per heavy atom. The summed E-state index contributed by atoms with van der Waals surface area (Å²) in [7, 11) is -1.80. The Balaban J connectivity index is 1.82. The van der Waals surface area contributed by atoms with Crippen LogP contribution >= 0.6 is 27.7 Å². The molecular formula is C20H21BrN2O4S2. The van der Waals surface area contributed by atoms with Crippen LogP contribution in [0.2, 0.25) is 0 Å². The molecule has 0 amide bonds. The number of methoxy groups -OCH3 is 1. The third-order valence-corrected chi connectivity index (χ3v) is 7.81. The normalized spacial score (nSPS) is 11.8. The van der Waals surface area contributed by atoms with Gasteiger partial charge >= 0.3 is 0 Å². The lowest BCUT2D eigenvalue weighted by Gasteiger charge is -2.13. The van der Waals surface area contributed by atoms with Crippen molar-refractivity contribution in [2.75, 3.05) is 25.2 Å². The number of halogens is 1. The van der Waals surface area contributed by atoms with E-state index in [0.29, 0.717) is 41.4 Å². The predicted octanol–water partition coefficient (Wildman–Crippen LogP) is 3.76. The third-order valence-electron chi connectivity index (χ3n) is 4.31. The highest BCUT2D eigenvalue weighted by molar-refractivity contribution is 9.10. The Bertz CT molecular complexity index is 1150. The van der Waals surface area contributed by atoms with E-state index in [2.05, 4.69) is 20.9 Å². The highest BCUT2D eigenvalue weighted by Gasteiger charge is 2.16. The average molecular weight is 497 g/mol. The number of hydrogen-bond acceptors (Lipinski definition) is 6. The molecule has 0 aliphatic heterocycles. The summed E-state index contributed by atoms with van der Waals surface area (Å²) in [5.41, 5.74) is 0.490. The number of hydrogen-bond donors (Lipinski definition) is 0. The minimum Gasteiger partial charge on any atom is -0.385 e. The maximum Gasteiger partial charge on any atom is 0.262 e. The number of nitrogens with zero attached hydrogens (tertiary/aromatic N) is 2. The van der Waals surface area contributed by atoms with Gasteiger partial charge in [0.25, 0.3) is 5.56 Å². The molecule has 0 aliphatic rings. The lowest BCUT2D eigenvalue weighted by molar-refractivity contribution is 0.189. The molecule has 154 valence electrons. The van der Waals surface area contributed by atoms with Crippen LogP contribution in [-0.4, -0.2) is 43.2 Å². The molecule has 0 N–H and O–H groups in total. The first-order chi connectivity index (χ1) is 13.9. The van der Waals surface area contributed by atoms with Crippen LogP contribution in [-0.2, 0) is 21.1 Å². The molecule has 9 heteroatoms. The van der Waals surface area contributed by atoms with Gasteiger partial charge in [-0.05, 0) is 42.8 Å². The predicted molar refractivity (Wildman–Crippen MR) is 119 cm³/mol. The van der Waals surface area contributed by atoms with Crippen LogP contribution in [0.3, 0.4) is 0 Å². The summed E-state index contributed by atoms with van der Waals surface area (Å²) in [6.45, 7) is 0.994. The van der Waals surface area contributed by atoms with Crippen molar-refractivity contribution in [2.24, 2.45) is 0 Å². The second kappa shape index (κ2) is 9.88. The van der Waals surface area contributed by atoms with Gasteiger partial charge in [0.05, 0.1) is 21.6 Å². The second-order valence-electron chi connectivity index (χ2n) is 6.34. The summed E-state index contributed by atoms with van der Waals surface area (Å²) in [6.07, 6.45) is 0.668. The smallest absolute Gasteiger partial charge is 0.262 e. The molecule has 0 spiro atoms. The maximum atomic E-state index is 12.9. The lowest BCUT2D eigenvalue weighted by atomic mass is 10.2. The number of sulfone groups is 1. The van der Waals surface area contributed by atoms with Crippen LogP contribution in [0.4, 0.5) is 0 Å². The van der Waals surface area contributed by atoms with Gasteiger partial charge in [0, 0.05) is 30.5 Å². The van der Waals surface area contributed by atoms with E-state index in [1.165, 1.54) is 11.8 Å². The van der Waals surface area contributed by atoms with Crippen molar-refractivity contribution in [2.45, 2.75) is 23.0 Å². The van der Waals surface area contributed by atoms with Gasteiger partial charge in [-0.2, -0.15) is 0 Å². The molecular weight excluding hydrogens is 476 g/mol. The fourth-order valence-corrected chi connectivity index (χ4v) is 5.76. The topological polar surface area (TPSA) is 78.3 Å². The highest BCUT2D eigenvalue weighted by Crippen LogP contribution is 2.21. The zero-order valence-corrected chi connectivity index (χ0v) is 19.1. The molecule has 1 aromatic heterocycles. The standard InChI is InChI=1S/C20H21BrN2O4S2/c1-27-12-4-11-23-19(24)17-5-2-3-6-18(17)22-20(23)28-13-14-29(25,26)16-9-7-15(21)8-10-16/h2-3,5-10H,4,11-14H2,1H3.